The molecule has 5 heterocycles. The summed E-state index contributed by atoms with van der Waals surface area (Å²) in [6, 6.07) is 8.31. The fourth-order valence-electron chi connectivity index (χ4n) is 8.99. The Labute approximate surface area is 466 Å². The van der Waals surface area contributed by atoms with Crippen molar-refractivity contribution >= 4 is 62.4 Å². The van der Waals surface area contributed by atoms with E-state index in [2.05, 4.69) is 31.6 Å². The summed E-state index contributed by atoms with van der Waals surface area (Å²) >= 11 is 0. The fourth-order valence-corrected chi connectivity index (χ4v) is 9.32. The van der Waals surface area contributed by atoms with Crippen LogP contribution in [0.1, 0.15) is 49.1 Å². The van der Waals surface area contributed by atoms with Crippen molar-refractivity contribution in [2.75, 3.05) is 77.0 Å². The Kier molecular flexibility index (Phi) is 19.8. The number of amides is 4. The number of carbonyl (C=O) groups is 5. The zero-order chi connectivity index (χ0) is 59.0. The summed E-state index contributed by atoms with van der Waals surface area (Å²) in [6.45, 7) is 1.89. The van der Waals surface area contributed by atoms with Gasteiger partial charge in [0.2, 0.25) is 42.1 Å². The number of carboxylic acid groups (broad SMARTS) is 1. The minimum absolute atomic E-state index is 0.0218. The highest BCUT2D eigenvalue weighted by atomic mass is 32.2. The molecule has 0 saturated carbocycles. The molecule has 29 nitrogen and oxygen atoms in total. The molecule has 9 atom stereocenters. The number of fused-ring (bicyclic) bond motifs is 1. The lowest BCUT2D eigenvalue weighted by molar-refractivity contribution is -0.668. The van der Waals surface area contributed by atoms with E-state index >= 15 is 4.39 Å². The molecule has 4 aromatic rings. The van der Waals surface area contributed by atoms with Gasteiger partial charge < -0.3 is 80.2 Å². The first-order valence-corrected chi connectivity index (χ1v) is 27.0. The second-order valence-corrected chi connectivity index (χ2v) is 20.1. The van der Waals surface area contributed by atoms with E-state index in [1.165, 1.54) is 58.1 Å². The molecule has 442 valence electrons. The van der Waals surface area contributed by atoms with Crippen LogP contribution in [0.3, 0.4) is 0 Å². The van der Waals surface area contributed by atoms with E-state index in [-0.39, 0.29) is 136 Å². The van der Waals surface area contributed by atoms with Gasteiger partial charge in [-0.25, -0.2) is 23.5 Å². The lowest BCUT2D eigenvalue weighted by Crippen LogP contribution is -2.61. The number of carboxylic acids is 1. The number of aromatic nitrogens is 3. The highest BCUT2D eigenvalue weighted by molar-refractivity contribution is 7.84. The molecule has 12 N–H and O–H groups in total. The average molecular weight is 1170 g/mol. The first-order chi connectivity index (χ1) is 39.1. The molecular weight excluding hydrogens is 1110 g/mol. The monoisotopic (exact) mass is 1170 g/mol. The SMILES string of the molecule is CCOc1cccc(F)c1C#Cc1cn([C@@H]2O[C@H](COS(N)(=O)=O)[C@@H](O)[C@H]2O)c2c1c(N)nc[n+]2Cc1ccc(O[C@@H]2O[C@H](C(=O)O)[C@@H](O)[C@H](O)[C@H]2O)c(NC(=O)CCNC(=O)CCOCCOCCOCCN2C(=O)C3=C(C3)C2=O)c1. The molecule has 4 amide bonds. The first kappa shape index (κ1) is 60.8. The van der Waals surface area contributed by atoms with Crippen LogP contribution in [0.15, 0.2) is 60.1 Å². The van der Waals surface area contributed by atoms with Crippen molar-refractivity contribution in [3.63, 3.8) is 0 Å². The number of likely N-dealkylation sites (tertiary alicyclic amines) is 1. The van der Waals surface area contributed by atoms with Crippen LogP contribution in [0.5, 0.6) is 11.5 Å². The van der Waals surface area contributed by atoms with Crippen LogP contribution in [0.2, 0.25) is 0 Å². The summed E-state index contributed by atoms with van der Waals surface area (Å²) in [4.78, 5) is 67.6. The number of halogens is 1. The van der Waals surface area contributed by atoms with Crippen molar-refractivity contribution in [1.82, 2.24) is 19.8 Å². The van der Waals surface area contributed by atoms with Crippen molar-refractivity contribution in [1.29, 1.82) is 0 Å². The zero-order valence-corrected chi connectivity index (χ0v) is 44.6. The molecule has 2 saturated heterocycles. The lowest BCUT2D eigenvalue weighted by atomic mass is 9.99. The maximum absolute atomic E-state index is 15.2. The molecule has 2 fully saturated rings. The third kappa shape index (κ3) is 14.5. The van der Waals surface area contributed by atoms with Crippen LogP contribution in [0.25, 0.3) is 11.0 Å². The number of anilines is 2. The number of imide groups is 1. The summed E-state index contributed by atoms with van der Waals surface area (Å²) < 4.78 is 85.1. The van der Waals surface area contributed by atoms with E-state index in [1.807, 2.05) is 0 Å². The highest BCUT2D eigenvalue weighted by Gasteiger charge is 2.50. The van der Waals surface area contributed by atoms with E-state index in [9.17, 15) is 63.0 Å². The largest absolute Gasteiger partial charge is 0.492 e. The summed E-state index contributed by atoms with van der Waals surface area (Å²) in [5.41, 5.74) is 8.00. The maximum Gasteiger partial charge on any atom is 0.335 e. The molecule has 3 aliphatic heterocycles. The van der Waals surface area contributed by atoms with E-state index in [0.717, 1.165) is 4.90 Å². The number of benzene rings is 2. The van der Waals surface area contributed by atoms with Gasteiger partial charge in [0.25, 0.3) is 11.8 Å². The normalized spacial score (nSPS) is 23.2. The number of carbonyl (C=O) groups excluding carboxylic acids is 4. The Hall–Kier alpha value is -7.29. The molecule has 0 bridgehead atoms. The van der Waals surface area contributed by atoms with E-state index in [0.29, 0.717) is 23.1 Å². The predicted octanol–water partition coefficient (Wildman–Crippen LogP) is -3.04. The van der Waals surface area contributed by atoms with Gasteiger partial charge in [0.1, 0.15) is 64.9 Å². The van der Waals surface area contributed by atoms with Crippen LogP contribution in [0.4, 0.5) is 15.9 Å². The number of nitrogens with zero attached hydrogens (tertiary/aromatic N) is 4. The topological polar surface area (TPSA) is 416 Å². The maximum atomic E-state index is 15.2. The predicted molar refractivity (Wildman–Crippen MR) is 275 cm³/mol. The standard InChI is InChI=1S/C51H59FN8O21S/c1-2-77-33-5-3-4-31(52)28(33)8-7-27-23-60(49-42(66)39(63)35(79-49)24-78-82(54,72)73)46-38(27)45(53)56-25-58(46)22-26-6-9-34(80-51-43(67)40(64)41(65)44(81-51)50(70)71)32(20-26)57-37(62)10-12-55-36(61)11-14-74-16-18-76-19-17-75-15-13-59-47(68)29-21-30(29)48(59)69/h3-6,9,20,23,25,35,39-44,49,51,53,63-67H,2,10-19,21-22,24H2,1H3,(H5,54,55,57,61,62,70,71,72,73)/p+1/t35-,39-,40+,41+,42-,43-,44+,49-,51-/m1/s1. The molecular formula is C51H60FN8O21S+. The molecule has 2 aromatic heterocycles. The molecule has 0 radical (unpaired) electrons. The third-order valence-electron chi connectivity index (χ3n) is 13.2. The molecule has 31 heteroatoms. The van der Waals surface area contributed by atoms with Crippen molar-refractivity contribution in [2.45, 2.75) is 88.0 Å². The molecule has 8 rings (SSSR count). The Balaban J connectivity index is 0.965. The number of ether oxygens (including phenoxy) is 7. The van der Waals surface area contributed by atoms with E-state index in [1.54, 1.807) is 6.92 Å². The van der Waals surface area contributed by atoms with E-state index < -0.39 is 95.8 Å². The number of hydrogen-bond donors (Lipinski definition) is 10. The van der Waals surface area contributed by atoms with Crippen LogP contribution in [0, 0.1) is 17.7 Å². The number of aliphatic carboxylic acids is 1. The highest BCUT2D eigenvalue weighted by Crippen LogP contribution is 2.40. The van der Waals surface area contributed by atoms with Gasteiger partial charge in [-0.1, -0.05) is 29.0 Å². The summed E-state index contributed by atoms with van der Waals surface area (Å²) in [5.74, 6) is 1.39. The van der Waals surface area contributed by atoms with Gasteiger partial charge in [-0.2, -0.15) is 8.42 Å². The Morgan fingerprint density at radius 3 is 2.28 bits per heavy atom. The summed E-state index contributed by atoms with van der Waals surface area (Å²) in [6.07, 6.45) is -13.7. The van der Waals surface area contributed by atoms with Gasteiger partial charge >= 0.3 is 16.3 Å². The van der Waals surface area contributed by atoms with Crippen LogP contribution in [-0.4, -0.2) is 198 Å². The number of nitrogens with one attached hydrogen (secondary N) is 2. The van der Waals surface area contributed by atoms with Crippen molar-refractivity contribution in [2.24, 2.45) is 5.14 Å². The summed E-state index contributed by atoms with van der Waals surface area (Å²) in [5, 5.41) is 74.1. The molecule has 82 heavy (non-hydrogen) atoms. The van der Waals surface area contributed by atoms with Crippen LogP contribution >= 0.6 is 0 Å². The van der Waals surface area contributed by atoms with Gasteiger partial charge in [0, 0.05) is 37.0 Å². The Morgan fingerprint density at radius 1 is 0.878 bits per heavy atom. The molecule has 2 aromatic carbocycles. The smallest absolute Gasteiger partial charge is 0.335 e. The number of rotatable bonds is 27. The van der Waals surface area contributed by atoms with Crippen LogP contribution < -0.4 is 35.5 Å². The zero-order valence-electron chi connectivity index (χ0n) is 43.8. The molecule has 0 spiro atoms. The second kappa shape index (κ2) is 26.7. The number of hydrogen-bond acceptors (Lipinski definition) is 22. The van der Waals surface area contributed by atoms with E-state index in [4.69, 9.17) is 44.0 Å². The lowest BCUT2D eigenvalue weighted by Gasteiger charge is -2.38. The molecule has 4 aliphatic rings. The van der Waals surface area contributed by atoms with Crippen LogP contribution in [-0.2, 0) is 68.7 Å². The van der Waals surface area contributed by atoms with Crippen molar-refractivity contribution < 1.29 is 109 Å². The number of aliphatic hydroxyl groups is 5. The minimum Gasteiger partial charge on any atom is -0.492 e. The van der Waals surface area contributed by atoms with Gasteiger partial charge in [-0.05, 0) is 36.8 Å². The second-order valence-electron chi connectivity index (χ2n) is 18.8. The number of piperidine rings is 1. The van der Waals surface area contributed by atoms with Gasteiger partial charge in [0.15, 0.2) is 6.10 Å². The van der Waals surface area contributed by atoms with Crippen molar-refractivity contribution in [3.8, 4) is 23.3 Å². The van der Waals surface area contributed by atoms with Gasteiger partial charge in [0.05, 0.1) is 83.4 Å². The molecule has 0 unspecified atom stereocenters. The Bertz CT molecular complexity index is 3260. The Morgan fingerprint density at radius 2 is 1.59 bits per heavy atom. The van der Waals surface area contributed by atoms with Gasteiger partial charge in [-0.15, -0.1) is 0 Å². The number of aliphatic hydroxyl groups excluding tert-OH is 5. The first-order valence-electron chi connectivity index (χ1n) is 25.6. The summed E-state index contributed by atoms with van der Waals surface area (Å²) in [7, 11) is -4.52. The number of nitrogen functional groups attached to an aromatic ring is 1. The molecule has 1 aliphatic carbocycles. The van der Waals surface area contributed by atoms with Gasteiger partial charge in [-0.3, -0.25) is 28.3 Å². The average Bonchev–Trinajstić information content (AvgIpc) is 4.08. The fraction of sp³-hybridized carbons (Fsp3) is 0.471. The minimum atomic E-state index is -4.52. The number of nitrogens with two attached hydrogens (primary N) is 2. The third-order valence-corrected chi connectivity index (χ3v) is 13.6. The van der Waals surface area contributed by atoms with Crippen molar-refractivity contribution in [3.05, 3.63) is 82.6 Å². The quantitative estimate of drug-likeness (QED) is 0.0123.